The van der Waals surface area contributed by atoms with Crippen LogP contribution >= 0.6 is 0 Å². The van der Waals surface area contributed by atoms with Crippen LogP contribution in [-0.2, 0) is 16.1 Å². The van der Waals surface area contributed by atoms with Gasteiger partial charge in [-0.1, -0.05) is 36.4 Å². The second-order valence-electron chi connectivity index (χ2n) is 5.91. The first-order valence-corrected chi connectivity index (χ1v) is 8.53. The first-order chi connectivity index (χ1) is 13.5. The van der Waals surface area contributed by atoms with Crippen LogP contribution in [0.4, 0.5) is 4.79 Å². The molecule has 3 N–H and O–H groups in total. The molecule has 2 rings (SSSR count). The molecule has 0 aliphatic rings. The van der Waals surface area contributed by atoms with Crippen LogP contribution in [0.15, 0.2) is 48.5 Å². The molecule has 1 amide bonds. The molecule has 8 nitrogen and oxygen atoms in total. The lowest BCUT2D eigenvalue weighted by molar-refractivity contribution is 0.0182. The maximum atomic E-state index is 11.7. The zero-order valence-electron chi connectivity index (χ0n) is 15.6. The molecule has 0 aliphatic carbocycles. The highest BCUT2D eigenvalue weighted by Crippen LogP contribution is 2.26. The van der Waals surface area contributed by atoms with Crippen LogP contribution in [0.3, 0.4) is 0 Å². The summed E-state index contributed by atoms with van der Waals surface area (Å²) in [5, 5.41) is 22.8. The van der Waals surface area contributed by atoms with Gasteiger partial charge in [-0.25, -0.2) is 9.59 Å². The molecule has 0 saturated carbocycles. The van der Waals surface area contributed by atoms with Crippen molar-refractivity contribution in [2.24, 2.45) is 0 Å². The third kappa shape index (κ3) is 5.70. The van der Waals surface area contributed by atoms with Crippen LogP contribution in [0.25, 0.3) is 0 Å². The van der Waals surface area contributed by atoms with Gasteiger partial charge in [-0.3, -0.25) is 0 Å². The topological polar surface area (TPSA) is 114 Å². The van der Waals surface area contributed by atoms with Crippen LogP contribution in [0.5, 0.6) is 5.75 Å². The smallest absolute Gasteiger partial charge is 0.407 e. The van der Waals surface area contributed by atoms with Gasteiger partial charge < -0.3 is 29.7 Å². The van der Waals surface area contributed by atoms with E-state index >= 15 is 0 Å². The maximum absolute atomic E-state index is 11.7. The van der Waals surface area contributed by atoms with Crippen LogP contribution in [0, 0.1) is 0 Å². The molecule has 0 aliphatic heterocycles. The molecule has 2 unspecified atom stereocenters. The molecule has 0 radical (unpaired) electrons. The lowest BCUT2D eigenvalue weighted by Crippen LogP contribution is -2.35. The number of carbonyl (C=O) groups excluding carboxylic acids is 2. The highest BCUT2D eigenvalue weighted by molar-refractivity contribution is 5.92. The number of carbonyl (C=O) groups is 2. The van der Waals surface area contributed by atoms with Crippen LogP contribution in [0.1, 0.15) is 27.6 Å². The molecule has 0 heterocycles. The normalized spacial score (nSPS) is 12.6. The summed E-state index contributed by atoms with van der Waals surface area (Å²) in [6, 6.07) is 13.5. The second kappa shape index (κ2) is 10.3. The summed E-state index contributed by atoms with van der Waals surface area (Å²) >= 11 is 0. The van der Waals surface area contributed by atoms with Crippen LogP contribution in [-0.4, -0.2) is 49.1 Å². The predicted octanol–water partition coefficient (Wildman–Crippen LogP) is 1.80. The standard InChI is InChI=1S/C20H23NO7/c1-26-17-10-14(8-9-15(17)19(24)27-2)18(23)16(22)11-21-20(25)28-12-13-6-4-3-5-7-13/h3-10,16,18,22-23H,11-12H2,1-2H3,(H,21,25). The largest absolute Gasteiger partial charge is 0.496 e. The fourth-order valence-corrected chi connectivity index (χ4v) is 2.47. The van der Waals surface area contributed by atoms with Crippen molar-refractivity contribution in [1.82, 2.24) is 5.32 Å². The van der Waals surface area contributed by atoms with E-state index in [0.29, 0.717) is 5.56 Å². The molecule has 0 saturated heterocycles. The van der Waals surface area contributed by atoms with Gasteiger partial charge in [-0.2, -0.15) is 0 Å². The van der Waals surface area contributed by atoms with E-state index in [4.69, 9.17) is 9.47 Å². The number of benzene rings is 2. The number of ether oxygens (including phenoxy) is 3. The Kier molecular flexibility index (Phi) is 7.79. The number of aliphatic hydroxyl groups excluding tert-OH is 2. The molecule has 2 atom stereocenters. The van der Waals surface area contributed by atoms with E-state index in [-0.39, 0.29) is 24.5 Å². The molecule has 0 spiro atoms. The quantitative estimate of drug-likeness (QED) is 0.590. The summed E-state index contributed by atoms with van der Waals surface area (Å²) in [5.74, 6) is -0.382. The van der Waals surface area contributed by atoms with Gasteiger partial charge in [0.15, 0.2) is 0 Å². The molecular formula is C20H23NO7. The van der Waals surface area contributed by atoms with Gasteiger partial charge in [0.1, 0.15) is 30.1 Å². The number of amides is 1. The highest BCUT2D eigenvalue weighted by Gasteiger charge is 2.22. The molecule has 0 fully saturated rings. The number of rotatable bonds is 8. The van der Waals surface area contributed by atoms with Crippen molar-refractivity contribution in [3.8, 4) is 5.75 Å². The van der Waals surface area contributed by atoms with Gasteiger partial charge in [0.25, 0.3) is 0 Å². The van der Waals surface area contributed by atoms with Crippen LogP contribution < -0.4 is 10.1 Å². The zero-order valence-corrected chi connectivity index (χ0v) is 15.6. The average molecular weight is 389 g/mol. The zero-order chi connectivity index (χ0) is 20.5. The first-order valence-electron chi connectivity index (χ1n) is 8.53. The Bertz CT molecular complexity index is 794. The lowest BCUT2D eigenvalue weighted by atomic mass is 10.0. The fourth-order valence-electron chi connectivity index (χ4n) is 2.47. The Labute approximate surface area is 162 Å². The van der Waals surface area contributed by atoms with Gasteiger partial charge in [0.05, 0.1) is 14.2 Å². The molecule has 8 heteroatoms. The highest BCUT2D eigenvalue weighted by atomic mass is 16.5. The van der Waals surface area contributed by atoms with Crippen molar-refractivity contribution in [3.63, 3.8) is 0 Å². The van der Waals surface area contributed by atoms with Crippen LogP contribution in [0.2, 0.25) is 0 Å². The van der Waals surface area contributed by atoms with E-state index in [1.54, 1.807) is 0 Å². The van der Waals surface area contributed by atoms with Crippen molar-refractivity contribution >= 4 is 12.1 Å². The predicted molar refractivity (Wildman–Crippen MR) is 99.9 cm³/mol. The number of aliphatic hydroxyl groups is 2. The van der Waals surface area contributed by atoms with E-state index in [2.05, 4.69) is 10.1 Å². The van der Waals surface area contributed by atoms with Gasteiger partial charge in [-0.05, 0) is 23.3 Å². The molecular weight excluding hydrogens is 366 g/mol. The summed E-state index contributed by atoms with van der Waals surface area (Å²) in [6.07, 6.45) is -3.32. The van der Waals surface area contributed by atoms with E-state index in [1.165, 1.54) is 32.4 Å². The van der Waals surface area contributed by atoms with Gasteiger partial charge in [0.2, 0.25) is 0 Å². The maximum Gasteiger partial charge on any atom is 0.407 e. The van der Waals surface area contributed by atoms with Gasteiger partial charge >= 0.3 is 12.1 Å². The SMILES string of the molecule is COC(=O)c1ccc(C(O)C(O)CNC(=O)OCc2ccccc2)cc1OC. The number of hydrogen-bond donors (Lipinski definition) is 3. The number of methoxy groups -OCH3 is 2. The van der Waals surface area contributed by atoms with Crippen molar-refractivity contribution in [3.05, 3.63) is 65.2 Å². The first kappa shape index (κ1) is 21.2. The van der Waals surface area contributed by atoms with E-state index in [9.17, 15) is 19.8 Å². The Morgan fingerprint density at radius 1 is 1.07 bits per heavy atom. The Morgan fingerprint density at radius 3 is 2.43 bits per heavy atom. The minimum atomic E-state index is -1.31. The molecule has 28 heavy (non-hydrogen) atoms. The van der Waals surface area contributed by atoms with Crippen molar-refractivity contribution in [2.45, 2.75) is 18.8 Å². The van der Waals surface area contributed by atoms with E-state index in [0.717, 1.165) is 5.56 Å². The molecule has 0 aromatic heterocycles. The summed E-state index contributed by atoms with van der Waals surface area (Å²) in [4.78, 5) is 23.4. The summed E-state index contributed by atoms with van der Waals surface area (Å²) < 4.78 is 14.8. The molecule has 0 bridgehead atoms. The summed E-state index contributed by atoms with van der Waals surface area (Å²) in [6.45, 7) is -0.132. The Balaban J connectivity index is 1.90. The van der Waals surface area contributed by atoms with Gasteiger partial charge in [0, 0.05) is 6.54 Å². The third-order valence-corrected chi connectivity index (χ3v) is 4.01. The lowest BCUT2D eigenvalue weighted by Gasteiger charge is -2.19. The van der Waals surface area contributed by atoms with E-state index in [1.807, 2.05) is 30.3 Å². The Hall–Kier alpha value is -3.10. The summed E-state index contributed by atoms with van der Waals surface area (Å²) in [7, 11) is 2.62. The number of hydrogen-bond acceptors (Lipinski definition) is 7. The molecule has 2 aromatic rings. The van der Waals surface area contributed by atoms with Crippen molar-refractivity contribution in [1.29, 1.82) is 0 Å². The van der Waals surface area contributed by atoms with E-state index < -0.39 is 24.3 Å². The average Bonchev–Trinajstić information content (AvgIpc) is 2.75. The van der Waals surface area contributed by atoms with Crippen molar-refractivity contribution < 1.29 is 34.0 Å². The monoisotopic (exact) mass is 389 g/mol. The molecule has 150 valence electrons. The molecule has 2 aromatic carbocycles. The minimum Gasteiger partial charge on any atom is -0.496 e. The second-order valence-corrected chi connectivity index (χ2v) is 5.91. The number of esters is 1. The fraction of sp³-hybridized carbons (Fsp3) is 0.300. The minimum absolute atomic E-state index is 0.0948. The van der Waals surface area contributed by atoms with Crippen molar-refractivity contribution in [2.75, 3.05) is 20.8 Å². The number of alkyl carbamates (subject to hydrolysis) is 1. The third-order valence-electron chi connectivity index (χ3n) is 4.01. The Morgan fingerprint density at radius 2 is 1.79 bits per heavy atom. The van der Waals surface area contributed by atoms with Gasteiger partial charge in [-0.15, -0.1) is 0 Å². The summed E-state index contributed by atoms with van der Waals surface area (Å²) in [5.41, 5.74) is 1.34. The number of nitrogens with one attached hydrogen (secondary N) is 1.